The van der Waals surface area contributed by atoms with Crippen LogP contribution in [0.1, 0.15) is 30.5 Å². The number of benzene rings is 2. The van der Waals surface area contributed by atoms with Crippen LogP contribution >= 0.6 is 0 Å². The van der Waals surface area contributed by atoms with Crippen molar-refractivity contribution in [1.29, 1.82) is 0 Å². The lowest BCUT2D eigenvalue weighted by Crippen LogP contribution is -2.32. The Balaban J connectivity index is 2.05. The number of aliphatic hydroxyl groups excluding tert-OH is 1. The van der Waals surface area contributed by atoms with E-state index in [0.29, 0.717) is 17.9 Å². The number of hydrogen-bond acceptors (Lipinski definition) is 6. The third kappa shape index (κ3) is 4.78. The second kappa shape index (κ2) is 10.3. The Kier molecular flexibility index (Phi) is 7.53. The Labute approximate surface area is 188 Å². The fourth-order valence-electron chi connectivity index (χ4n) is 3.69. The molecule has 3 rings (SSSR count). The average Bonchev–Trinajstić information content (AvgIpc) is 3.06. The minimum Gasteiger partial charge on any atom is -0.507 e. The van der Waals surface area contributed by atoms with Crippen LogP contribution in [0.25, 0.3) is 5.76 Å². The highest BCUT2D eigenvalue weighted by Gasteiger charge is 2.45. The smallest absolute Gasteiger partial charge is 0.295 e. The van der Waals surface area contributed by atoms with E-state index in [0.717, 1.165) is 17.7 Å². The topological polar surface area (TPSA) is 79.3 Å². The standard InChI is InChI=1S/C25H30N2O5/c1-5-15-32-20-12-8-18(9-13-20)23(28)21-22(17-6-10-19(11-7-17)26(2)3)27(14-16-31-4)25(30)24(21)29/h6-13,22,28H,5,14-16H2,1-4H3/b23-21-. The molecular weight excluding hydrogens is 408 g/mol. The summed E-state index contributed by atoms with van der Waals surface area (Å²) in [6.45, 7) is 3.14. The van der Waals surface area contributed by atoms with Crippen molar-refractivity contribution in [3.63, 3.8) is 0 Å². The molecule has 32 heavy (non-hydrogen) atoms. The van der Waals surface area contributed by atoms with Crippen LogP contribution in [0.15, 0.2) is 54.1 Å². The van der Waals surface area contributed by atoms with Gasteiger partial charge in [0.15, 0.2) is 0 Å². The number of methoxy groups -OCH3 is 1. The Morgan fingerprint density at radius 2 is 1.69 bits per heavy atom. The molecule has 1 aliphatic rings. The molecular formula is C25H30N2O5. The molecule has 1 amide bonds. The van der Waals surface area contributed by atoms with Gasteiger partial charge in [-0.25, -0.2) is 0 Å². The number of rotatable bonds is 9. The SMILES string of the molecule is CCCOc1ccc(/C(O)=C2/C(=O)C(=O)N(CCOC)C2c2ccc(N(C)C)cc2)cc1. The maximum absolute atomic E-state index is 13.0. The predicted octanol–water partition coefficient (Wildman–Crippen LogP) is 3.61. The summed E-state index contributed by atoms with van der Waals surface area (Å²) in [4.78, 5) is 29.2. The molecule has 2 aromatic carbocycles. The number of anilines is 1. The normalized spacial score (nSPS) is 17.6. The number of ketones is 1. The fourth-order valence-corrected chi connectivity index (χ4v) is 3.69. The summed E-state index contributed by atoms with van der Waals surface area (Å²) < 4.78 is 10.7. The number of ether oxygens (including phenoxy) is 2. The lowest BCUT2D eigenvalue weighted by Gasteiger charge is -2.25. The highest BCUT2D eigenvalue weighted by molar-refractivity contribution is 6.46. The molecule has 7 heteroatoms. The van der Waals surface area contributed by atoms with Gasteiger partial charge in [-0.3, -0.25) is 9.59 Å². The van der Waals surface area contributed by atoms with E-state index in [1.165, 1.54) is 4.90 Å². The largest absolute Gasteiger partial charge is 0.507 e. The lowest BCUT2D eigenvalue weighted by atomic mass is 9.95. The Morgan fingerprint density at radius 1 is 1.03 bits per heavy atom. The van der Waals surface area contributed by atoms with E-state index in [1.807, 2.05) is 50.2 Å². The molecule has 1 atom stereocenters. The van der Waals surface area contributed by atoms with Gasteiger partial charge in [0, 0.05) is 39.0 Å². The summed E-state index contributed by atoms with van der Waals surface area (Å²) >= 11 is 0. The highest BCUT2D eigenvalue weighted by Crippen LogP contribution is 2.39. The van der Waals surface area contributed by atoms with Crippen molar-refractivity contribution in [1.82, 2.24) is 4.90 Å². The Bertz CT molecular complexity index is 980. The van der Waals surface area contributed by atoms with Crippen LogP contribution in [0.2, 0.25) is 0 Å². The van der Waals surface area contributed by atoms with Gasteiger partial charge in [-0.05, 0) is 48.4 Å². The van der Waals surface area contributed by atoms with Crippen LogP contribution in [0.3, 0.4) is 0 Å². The second-order valence-electron chi connectivity index (χ2n) is 7.84. The molecule has 1 unspecified atom stereocenters. The van der Waals surface area contributed by atoms with Crippen molar-refractivity contribution in [2.45, 2.75) is 19.4 Å². The molecule has 1 heterocycles. The molecule has 0 aromatic heterocycles. The van der Waals surface area contributed by atoms with E-state index in [9.17, 15) is 14.7 Å². The third-order valence-corrected chi connectivity index (χ3v) is 5.40. The molecule has 1 N–H and O–H groups in total. The number of aliphatic hydroxyl groups is 1. The highest BCUT2D eigenvalue weighted by atomic mass is 16.5. The Morgan fingerprint density at radius 3 is 2.25 bits per heavy atom. The van der Waals surface area contributed by atoms with Gasteiger partial charge in [-0.2, -0.15) is 0 Å². The van der Waals surface area contributed by atoms with Crippen LogP contribution in [0.4, 0.5) is 5.69 Å². The molecule has 1 fully saturated rings. The van der Waals surface area contributed by atoms with Crippen LogP contribution in [0, 0.1) is 0 Å². The van der Waals surface area contributed by atoms with Gasteiger partial charge in [0.05, 0.1) is 24.8 Å². The zero-order valence-electron chi connectivity index (χ0n) is 19.0. The van der Waals surface area contributed by atoms with E-state index in [2.05, 4.69) is 0 Å². The summed E-state index contributed by atoms with van der Waals surface area (Å²) in [5, 5.41) is 11.1. The van der Waals surface area contributed by atoms with Gasteiger partial charge in [-0.1, -0.05) is 19.1 Å². The number of nitrogens with zero attached hydrogens (tertiary/aromatic N) is 2. The minimum atomic E-state index is -0.702. The fraction of sp³-hybridized carbons (Fsp3) is 0.360. The van der Waals surface area contributed by atoms with Gasteiger partial charge >= 0.3 is 0 Å². The average molecular weight is 439 g/mol. The van der Waals surface area contributed by atoms with Gasteiger partial charge in [-0.15, -0.1) is 0 Å². The monoisotopic (exact) mass is 438 g/mol. The van der Waals surface area contributed by atoms with E-state index in [4.69, 9.17) is 9.47 Å². The van der Waals surface area contributed by atoms with Gasteiger partial charge in [0.1, 0.15) is 11.5 Å². The van der Waals surface area contributed by atoms with Crippen molar-refractivity contribution in [3.8, 4) is 5.75 Å². The first kappa shape index (κ1) is 23.3. The van der Waals surface area contributed by atoms with E-state index in [1.54, 1.807) is 31.4 Å². The molecule has 2 aromatic rings. The first-order chi connectivity index (χ1) is 15.4. The van der Waals surface area contributed by atoms with E-state index >= 15 is 0 Å². The van der Waals surface area contributed by atoms with Crippen molar-refractivity contribution in [2.24, 2.45) is 0 Å². The van der Waals surface area contributed by atoms with Gasteiger partial charge < -0.3 is 24.4 Å². The van der Waals surface area contributed by atoms with Crippen LogP contribution < -0.4 is 9.64 Å². The quantitative estimate of drug-likeness (QED) is 0.366. The zero-order valence-corrected chi connectivity index (χ0v) is 19.0. The first-order valence-corrected chi connectivity index (χ1v) is 10.7. The molecule has 170 valence electrons. The summed E-state index contributed by atoms with van der Waals surface area (Å²) in [5.74, 6) is -0.869. The zero-order chi connectivity index (χ0) is 23.3. The van der Waals surface area contributed by atoms with Crippen LogP contribution in [-0.4, -0.2) is 62.7 Å². The maximum Gasteiger partial charge on any atom is 0.295 e. The number of amides is 1. The van der Waals surface area contributed by atoms with Gasteiger partial charge in [0.2, 0.25) is 0 Å². The lowest BCUT2D eigenvalue weighted by molar-refractivity contribution is -0.140. The second-order valence-corrected chi connectivity index (χ2v) is 7.84. The molecule has 1 saturated heterocycles. The molecule has 0 radical (unpaired) electrons. The molecule has 1 aliphatic heterocycles. The molecule has 7 nitrogen and oxygen atoms in total. The predicted molar refractivity (Wildman–Crippen MR) is 124 cm³/mol. The molecule has 0 aliphatic carbocycles. The third-order valence-electron chi connectivity index (χ3n) is 5.40. The van der Waals surface area contributed by atoms with Crippen LogP contribution in [0.5, 0.6) is 5.75 Å². The first-order valence-electron chi connectivity index (χ1n) is 10.7. The van der Waals surface area contributed by atoms with Crippen molar-refractivity contribution < 1.29 is 24.2 Å². The van der Waals surface area contributed by atoms with Crippen molar-refractivity contribution >= 4 is 23.1 Å². The molecule has 0 spiro atoms. The number of carbonyl (C=O) groups excluding carboxylic acids is 2. The summed E-state index contributed by atoms with van der Waals surface area (Å²) in [6.07, 6.45) is 0.888. The summed E-state index contributed by atoms with van der Waals surface area (Å²) in [5.41, 5.74) is 2.26. The number of likely N-dealkylation sites (tertiary alicyclic amines) is 1. The molecule has 0 bridgehead atoms. The molecule has 0 saturated carbocycles. The van der Waals surface area contributed by atoms with Crippen molar-refractivity contribution in [2.75, 3.05) is 45.9 Å². The van der Waals surface area contributed by atoms with E-state index in [-0.39, 0.29) is 24.5 Å². The number of Topliss-reactive ketones (excluding diaryl/α,β-unsaturated/α-hetero) is 1. The minimum absolute atomic E-state index is 0.0749. The Hall–Kier alpha value is -3.32. The number of carbonyl (C=O) groups is 2. The summed E-state index contributed by atoms with van der Waals surface area (Å²) in [7, 11) is 5.42. The summed E-state index contributed by atoms with van der Waals surface area (Å²) in [6, 6.07) is 13.8. The number of hydrogen-bond donors (Lipinski definition) is 1. The van der Waals surface area contributed by atoms with Crippen molar-refractivity contribution in [3.05, 3.63) is 65.2 Å². The maximum atomic E-state index is 13.0. The van der Waals surface area contributed by atoms with Crippen LogP contribution in [-0.2, 0) is 14.3 Å². The van der Waals surface area contributed by atoms with E-state index < -0.39 is 17.7 Å². The van der Waals surface area contributed by atoms with Gasteiger partial charge in [0.25, 0.3) is 11.7 Å².